The van der Waals surface area contributed by atoms with Crippen LogP contribution in [0.1, 0.15) is 160 Å². The highest BCUT2D eigenvalue weighted by Gasteiger charge is 2.55. The molecule has 4 heteroatoms. The van der Waals surface area contributed by atoms with Crippen LogP contribution < -0.4 is 9.80 Å². The number of hydrogen-bond donors (Lipinski definition) is 0. The fourth-order valence-corrected chi connectivity index (χ4v) is 16.0. The topological polar surface area (TPSA) is 32.5 Å². The largest absolute Gasteiger partial charge is 0.453 e. The molecule has 0 unspecified atom stereocenters. The molecular weight excluding hydrogens is 1020 g/mol. The Morgan fingerprint density at radius 2 is 0.917 bits per heavy atom. The molecule has 2 heterocycles. The zero-order valence-corrected chi connectivity index (χ0v) is 48.8. The monoisotopic (exact) mass is 1090 g/mol. The number of furan rings is 1. The van der Waals surface area contributed by atoms with E-state index >= 15 is 0 Å². The van der Waals surface area contributed by atoms with Crippen molar-refractivity contribution in [1.29, 1.82) is 0 Å². The van der Waals surface area contributed by atoms with Crippen LogP contribution in [0.4, 0.5) is 34.1 Å². The summed E-state index contributed by atoms with van der Waals surface area (Å²) in [5.74, 6) is 1.75. The van der Waals surface area contributed by atoms with E-state index in [-0.39, 0.29) is 0 Å². The Labute approximate surface area is 494 Å². The molecule has 4 aliphatic rings. The van der Waals surface area contributed by atoms with E-state index in [0.29, 0.717) is 23.7 Å². The van der Waals surface area contributed by atoms with Crippen molar-refractivity contribution in [2.24, 2.45) is 0 Å². The molecule has 4 nitrogen and oxygen atoms in total. The molecule has 2 fully saturated rings. The van der Waals surface area contributed by atoms with Crippen molar-refractivity contribution < 1.29 is 4.42 Å². The van der Waals surface area contributed by atoms with Gasteiger partial charge in [-0.05, 0) is 177 Å². The van der Waals surface area contributed by atoms with Crippen molar-refractivity contribution in [2.45, 2.75) is 121 Å². The molecule has 0 aliphatic heterocycles. The van der Waals surface area contributed by atoms with Crippen LogP contribution in [-0.4, -0.2) is 4.98 Å². The lowest BCUT2D eigenvalue weighted by Gasteiger charge is -2.33. The van der Waals surface area contributed by atoms with Gasteiger partial charge in [-0.2, -0.15) is 0 Å². The van der Waals surface area contributed by atoms with Crippen LogP contribution in [0.3, 0.4) is 0 Å². The third-order valence-corrected chi connectivity index (χ3v) is 20.0. The highest BCUT2D eigenvalue weighted by Crippen LogP contribution is 2.68. The van der Waals surface area contributed by atoms with Crippen LogP contribution in [0.5, 0.6) is 0 Å². The quantitative estimate of drug-likeness (QED) is 0.128. The van der Waals surface area contributed by atoms with E-state index in [2.05, 4.69) is 244 Å². The zero-order chi connectivity index (χ0) is 56.2. The first-order valence-corrected chi connectivity index (χ1v) is 31.4. The normalized spacial score (nSPS) is 15.6. The first-order valence-electron chi connectivity index (χ1n) is 31.4. The van der Waals surface area contributed by atoms with Gasteiger partial charge in [0.1, 0.15) is 5.58 Å². The smallest absolute Gasteiger partial charge is 0.159 e. The van der Waals surface area contributed by atoms with Crippen molar-refractivity contribution in [3.8, 4) is 22.3 Å². The van der Waals surface area contributed by atoms with Gasteiger partial charge in [0.05, 0.1) is 27.7 Å². The molecule has 0 bridgehead atoms. The number of para-hydroxylation sites is 1. The maximum atomic E-state index is 8.23. The molecule has 0 N–H and O–H groups in total. The van der Waals surface area contributed by atoms with Gasteiger partial charge in [-0.1, -0.05) is 206 Å². The lowest BCUT2D eigenvalue weighted by Crippen LogP contribution is -2.26. The minimum Gasteiger partial charge on any atom is -0.453 e. The van der Waals surface area contributed by atoms with Crippen molar-refractivity contribution >= 4 is 77.7 Å². The lowest BCUT2D eigenvalue weighted by molar-refractivity contribution is 0.443. The summed E-state index contributed by atoms with van der Waals surface area (Å²) in [6.45, 7) is 9.24. The summed E-state index contributed by atoms with van der Waals surface area (Å²) in [7, 11) is 0. The van der Waals surface area contributed by atoms with Gasteiger partial charge in [-0.3, -0.25) is 4.98 Å². The number of aromatic nitrogens is 1. The molecule has 84 heavy (non-hydrogen) atoms. The molecule has 0 radical (unpaired) electrons. The van der Waals surface area contributed by atoms with Gasteiger partial charge in [0.25, 0.3) is 0 Å². The van der Waals surface area contributed by atoms with Crippen molar-refractivity contribution in [2.75, 3.05) is 9.80 Å². The second-order valence-corrected chi connectivity index (χ2v) is 25.3. The molecule has 4 aliphatic carbocycles. The summed E-state index contributed by atoms with van der Waals surface area (Å²) in [6, 6.07) is 79.3. The highest BCUT2D eigenvalue weighted by molar-refractivity contribution is 6.26. The van der Waals surface area contributed by atoms with Gasteiger partial charge >= 0.3 is 0 Å². The SMILES string of the molecule is CC(C)c1cccc(N(c2cccc(C3CCCCC3)c2)c2cccc3c2oc2c4c(cc(N(c5cccc(C(C)C)c5)c5cccc(C6CCCCC6)c5)c23)C2(c3ccccc3-c3ccccc32)c2c-4c3cccnc3c3ccccc23)c1. The fraction of sp³-hybridized carbons (Fsp3) is 0.237. The maximum Gasteiger partial charge on any atom is 0.159 e. The predicted octanol–water partition coefficient (Wildman–Crippen LogP) is 22.9. The van der Waals surface area contributed by atoms with E-state index in [0.717, 1.165) is 77.9 Å². The van der Waals surface area contributed by atoms with Gasteiger partial charge < -0.3 is 14.2 Å². The minimum absolute atomic E-state index is 0.328. The molecule has 2 saturated carbocycles. The molecule has 12 aromatic rings. The molecule has 2 aromatic heterocycles. The average molecular weight is 1090 g/mol. The molecule has 0 amide bonds. The van der Waals surface area contributed by atoms with Crippen LogP contribution in [0, 0.1) is 0 Å². The van der Waals surface area contributed by atoms with Crippen molar-refractivity contribution in [3.05, 3.63) is 257 Å². The summed E-state index contributed by atoms with van der Waals surface area (Å²) in [5, 5.41) is 5.69. The second kappa shape index (κ2) is 20.3. The number of hydrogen-bond acceptors (Lipinski definition) is 4. The Morgan fingerprint density at radius 3 is 1.51 bits per heavy atom. The molecule has 1 spiro atoms. The van der Waals surface area contributed by atoms with E-state index < -0.39 is 5.41 Å². The van der Waals surface area contributed by atoms with Crippen molar-refractivity contribution in [3.63, 3.8) is 0 Å². The number of fused-ring (bicyclic) bond motifs is 19. The van der Waals surface area contributed by atoms with Crippen LogP contribution in [0.25, 0.3) is 65.9 Å². The predicted molar refractivity (Wildman–Crippen MR) is 352 cm³/mol. The Balaban J connectivity index is 1.09. The summed E-state index contributed by atoms with van der Waals surface area (Å²) in [6.07, 6.45) is 14.6. The Kier molecular flexibility index (Phi) is 12.3. The van der Waals surface area contributed by atoms with E-state index in [9.17, 15) is 0 Å². The number of anilines is 6. The zero-order valence-electron chi connectivity index (χ0n) is 48.8. The second-order valence-electron chi connectivity index (χ2n) is 25.3. The third-order valence-electron chi connectivity index (χ3n) is 20.0. The number of benzene rings is 10. The van der Waals surface area contributed by atoms with E-state index in [1.165, 1.54) is 131 Å². The van der Waals surface area contributed by atoms with E-state index in [4.69, 9.17) is 9.40 Å². The maximum absolute atomic E-state index is 8.23. The summed E-state index contributed by atoms with van der Waals surface area (Å²) in [5.41, 5.74) is 24.2. The van der Waals surface area contributed by atoms with Crippen molar-refractivity contribution in [1.82, 2.24) is 4.98 Å². The van der Waals surface area contributed by atoms with E-state index in [1.807, 2.05) is 6.20 Å². The molecule has 0 atom stereocenters. The van der Waals surface area contributed by atoms with Gasteiger partial charge in [0.15, 0.2) is 5.58 Å². The first-order chi connectivity index (χ1) is 41.3. The van der Waals surface area contributed by atoms with Crippen LogP contribution in [-0.2, 0) is 5.41 Å². The Hall–Kier alpha value is -8.73. The highest BCUT2D eigenvalue weighted by atomic mass is 16.3. The summed E-state index contributed by atoms with van der Waals surface area (Å²) >= 11 is 0. The third kappa shape index (κ3) is 7.82. The molecule has 10 aromatic carbocycles. The molecule has 412 valence electrons. The van der Waals surface area contributed by atoms with Crippen LogP contribution >= 0.6 is 0 Å². The van der Waals surface area contributed by atoms with Gasteiger partial charge in [0, 0.05) is 56.2 Å². The van der Waals surface area contributed by atoms with Gasteiger partial charge in [-0.15, -0.1) is 0 Å². The Bertz CT molecular complexity index is 4520. The standard InChI is InChI=1S/C80H71N3O/c1-50(2)54-27-17-31-58(45-54)82(60-33-19-29-56(47-60)52-23-7-5-8-24-52)71-43-21-39-67-73-72(83(59-32-18-28-55(46-59)51(3)4)61-34-20-30-57(48-61)53-25-9-6-10-26-53)49-70-75(79(73)84-78(67)71)74-66-40-22-44-81-77(66)65-38-12-11-37-64(65)76(74)80(70)68-41-15-13-35-62(68)63-36-14-16-42-69(63)80/h11-22,27-53H,5-10,23-26H2,1-4H3. The van der Waals surface area contributed by atoms with Gasteiger partial charge in [-0.25, -0.2) is 0 Å². The first kappa shape index (κ1) is 51.0. The summed E-state index contributed by atoms with van der Waals surface area (Å²) in [4.78, 5) is 10.4. The molecule has 16 rings (SSSR count). The Morgan fingerprint density at radius 1 is 0.417 bits per heavy atom. The van der Waals surface area contributed by atoms with E-state index in [1.54, 1.807) is 0 Å². The molecular formula is C80H71N3O. The van der Waals surface area contributed by atoms with Crippen LogP contribution in [0.15, 0.2) is 217 Å². The number of rotatable bonds is 10. The minimum atomic E-state index is -0.732. The summed E-state index contributed by atoms with van der Waals surface area (Å²) < 4.78 is 8.23. The van der Waals surface area contributed by atoms with Gasteiger partial charge in [0.2, 0.25) is 0 Å². The lowest BCUT2D eigenvalue weighted by atomic mass is 9.69. The fourth-order valence-electron chi connectivity index (χ4n) is 16.0. The number of nitrogens with zero attached hydrogens (tertiary/aromatic N) is 3. The average Bonchev–Trinajstić information content (AvgIpc) is 1.51. The molecule has 0 saturated heterocycles. The van der Waals surface area contributed by atoms with Crippen LogP contribution in [0.2, 0.25) is 0 Å². The number of pyridine rings is 1.